The molecule has 188 valence electrons. The van der Waals surface area contributed by atoms with Crippen molar-refractivity contribution >= 4 is 11.9 Å². The Hall–Kier alpha value is -4.26. The smallest absolute Gasteiger partial charge is 0.416 e. The van der Waals surface area contributed by atoms with Gasteiger partial charge in [0.25, 0.3) is 0 Å². The lowest BCUT2D eigenvalue weighted by atomic mass is 9.78. The van der Waals surface area contributed by atoms with E-state index in [2.05, 4.69) is 5.32 Å². The molecule has 1 atom stereocenters. The molecule has 2 aromatic rings. The number of hydrogen-bond acceptors (Lipinski definition) is 7. The summed E-state index contributed by atoms with van der Waals surface area (Å²) in [5, 5.41) is 12.3. The summed E-state index contributed by atoms with van der Waals surface area (Å²) in [6.45, 7) is 2.63. The van der Waals surface area contributed by atoms with Gasteiger partial charge in [0, 0.05) is 5.70 Å². The Morgan fingerprint density at radius 2 is 1.61 bits per heavy atom. The molecule has 0 aromatic heterocycles. The molecule has 0 fully saturated rings. The molecule has 7 nitrogen and oxygen atoms in total. The van der Waals surface area contributed by atoms with Gasteiger partial charge in [0.15, 0.2) is 0 Å². The van der Waals surface area contributed by atoms with Gasteiger partial charge in [0.1, 0.15) is 30.7 Å². The van der Waals surface area contributed by atoms with E-state index in [4.69, 9.17) is 14.2 Å². The summed E-state index contributed by atoms with van der Waals surface area (Å²) in [5.41, 5.74) is -2.31. The van der Waals surface area contributed by atoms with E-state index in [1.54, 1.807) is 36.4 Å². The molecular weight excluding hydrogens is 477 g/mol. The van der Waals surface area contributed by atoms with Gasteiger partial charge in [0.2, 0.25) is 0 Å². The quantitative estimate of drug-likeness (QED) is 0.417. The number of ether oxygens (including phenoxy) is 3. The van der Waals surface area contributed by atoms with E-state index in [0.717, 1.165) is 12.1 Å². The Labute approximate surface area is 205 Å². The first-order valence-corrected chi connectivity index (χ1v) is 11.0. The number of benzene rings is 2. The molecule has 1 aliphatic rings. The second kappa shape index (κ2) is 11.4. The van der Waals surface area contributed by atoms with Crippen LogP contribution in [0, 0.1) is 11.3 Å². The van der Waals surface area contributed by atoms with Crippen molar-refractivity contribution in [3.8, 4) is 11.8 Å². The van der Waals surface area contributed by atoms with Gasteiger partial charge in [-0.1, -0.05) is 36.4 Å². The minimum Gasteiger partial charge on any atom is -0.490 e. The van der Waals surface area contributed by atoms with Crippen molar-refractivity contribution in [3.63, 3.8) is 0 Å². The first kappa shape index (κ1) is 26.3. The summed E-state index contributed by atoms with van der Waals surface area (Å²) in [4.78, 5) is 26.0. The van der Waals surface area contributed by atoms with Gasteiger partial charge in [-0.15, -0.1) is 0 Å². The van der Waals surface area contributed by atoms with E-state index in [1.165, 1.54) is 26.0 Å². The largest absolute Gasteiger partial charge is 0.490 e. The van der Waals surface area contributed by atoms with E-state index < -0.39 is 35.2 Å². The highest BCUT2D eigenvalue weighted by Gasteiger charge is 2.44. The average Bonchev–Trinajstić information content (AvgIpc) is 2.86. The third-order valence-electron chi connectivity index (χ3n) is 5.30. The maximum Gasteiger partial charge on any atom is 0.416 e. The summed E-state index contributed by atoms with van der Waals surface area (Å²) in [5.74, 6) is -2.99. The van der Waals surface area contributed by atoms with Crippen LogP contribution in [-0.2, 0) is 25.2 Å². The van der Waals surface area contributed by atoms with Crippen molar-refractivity contribution in [2.45, 2.75) is 25.9 Å². The third kappa shape index (κ3) is 5.86. The van der Waals surface area contributed by atoms with Gasteiger partial charge < -0.3 is 19.5 Å². The van der Waals surface area contributed by atoms with Crippen molar-refractivity contribution in [2.75, 3.05) is 19.8 Å². The second-order valence-electron chi connectivity index (χ2n) is 7.60. The number of hydrogen-bond donors (Lipinski definition) is 1. The number of nitrogens with zero attached hydrogens (tertiary/aromatic N) is 1. The lowest BCUT2D eigenvalue weighted by Crippen LogP contribution is -2.34. The first-order valence-electron chi connectivity index (χ1n) is 11.0. The zero-order valence-electron chi connectivity index (χ0n) is 19.5. The van der Waals surface area contributed by atoms with Crippen LogP contribution in [0.1, 0.15) is 30.9 Å². The summed E-state index contributed by atoms with van der Waals surface area (Å²) in [6.07, 6.45) is -4.79. The molecule has 2 aromatic carbocycles. The predicted octanol–water partition coefficient (Wildman–Crippen LogP) is 4.63. The maximum atomic E-state index is 13.9. The molecule has 0 saturated carbocycles. The van der Waals surface area contributed by atoms with Gasteiger partial charge in [-0.3, -0.25) is 0 Å². The molecule has 0 radical (unpaired) electrons. The number of carbonyl (C=O) groups is 2. The summed E-state index contributed by atoms with van der Waals surface area (Å²) in [6, 6.07) is 15.1. The number of halogens is 3. The number of para-hydroxylation sites is 1. The minimum atomic E-state index is -4.79. The van der Waals surface area contributed by atoms with E-state index in [0.29, 0.717) is 5.75 Å². The molecule has 0 spiro atoms. The Morgan fingerprint density at radius 1 is 0.972 bits per heavy atom. The second-order valence-corrected chi connectivity index (χ2v) is 7.60. The molecule has 0 aliphatic carbocycles. The van der Waals surface area contributed by atoms with Crippen LogP contribution in [0.4, 0.5) is 13.2 Å². The third-order valence-corrected chi connectivity index (χ3v) is 5.30. The van der Waals surface area contributed by atoms with Crippen LogP contribution in [0.5, 0.6) is 5.75 Å². The zero-order chi connectivity index (χ0) is 26.3. The molecule has 1 aliphatic heterocycles. The Morgan fingerprint density at radius 3 is 2.25 bits per heavy atom. The van der Waals surface area contributed by atoms with Gasteiger partial charge in [0.05, 0.1) is 29.2 Å². The molecule has 0 saturated heterocycles. The molecule has 10 heteroatoms. The average molecular weight is 500 g/mol. The minimum absolute atomic E-state index is 0.0106. The number of esters is 2. The Kier molecular flexibility index (Phi) is 8.38. The molecule has 3 rings (SSSR count). The molecule has 0 amide bonds. The number of allylic oxidation sites excluding steroid dienone is 2. The summed E-state index contributed by atoms with van der Waals surface area (Å²) >= 11 is 0. The highest BCUT2D eigenvalue weighted by molar-refractivity contribution is 6.00. The van der Waals surface area contributed by atoms with Crippen LogP contribution in [0.15, 0.2) is 77.1 Å². The standard InChI is InChI=1S/C26H23F3N2O5/c1-3-34-25(33)23-20(15-30)31-16(2)21(22(23)18-11-7-8-12-19(18)26(27,28)29)24(32)36-14-13-35-17-9-5-4-6-10-17/h4-12,22,31H,3,13-14H2,1-2H3. The van der Waals surface area contributed by atoms with E-state index in [9.17, 15) is 28.0 Å². The monoisotopic (exact) mass is 500 g/mol. The number of carbonyl (C=O) groups excluding carboxylic acids is 2. The number of rotatable bonds is 8. The number of dihydropyridines is 1. The lowest BCUT2D eigenvalue weighted by molar-refractivity contribution is -0.142. The fraction of sp³-hybridized carbons (Fsp3) is 0.269. The van der Waals surface area contributed by atoms with Crippen LogP contribution in [0.2, 0.25) is 0 Å². The van der Waals surface area contributed by atoms with Crippen molar-refractivity contribution in [2.24, 2.45) is 0 Å². The molecule has 1 unspecified atom stereocenters. The zero-order valence-corrected chi connectivity index (χ0v) is 19.5. The normalized spacial score (nSPS) is 15.6. The van der Waals surface area contributed by atoms with Crippen LogP contribution >= 0.6 is 0 Å². The first-order chi connectivity index (χ1) is 17.2. The molecule has 36 heavy (non-hydrogen) atoms. The van der Waals surface area contributed by atoms with Gasteiger partial charge >= 0.3 is 18.1 Å². The molecule has 1 heterocycles. The van der Waals surface area contributed by atoms with Crippen molar-refractivity contribution in [3.05, 3.63) is 88.3 Å². The Balaban J connectivity index is 2.01. The molecular formula is C26H23F3N2O5. The van der Waals surface area contributed by atoms with Crippen molar-refractivity contribution < 1.29 is 37.0 Å². The van der Waals surface area contributed by atoms with Gasteiger partial charge in [-0.05, 0) is 37.6 Å². The van der Waals surface area contributed by atoms with Crippen molar-refractivity contribution in [1.82, 2.24) is 5.32 Å². The topological polar surface area (TPSA) is 97.7 Å². The van der Waals surface area contributed by atoms with Crippen LogP contribution < -0.4 is 10.1 Å². The fourth-order valence-corrected chi connectivity index (χ4v) is 3.82. The van der Waals surface area contributed by atoms with Crippen LogP contribution in [0.3, 0.4) is 0 Å². The fourth-order valence-electron chi connectivity index (χ4n) is 3.82. The number of alkyl halides is 3. The number of nitrogens with one attached hydrogen (secondary N) is 1. The SMILES string of the molecule is CCOC(=O)C1=C(C#N)NC(C)=C(C(=O)OCCOc2ccccc2)C1c1ccccc1C(F)(F)F. The molecule has 1 N–H and O–H groups in total. The highest BCUT2D eigenvalue weighted by Crippen LogP contribution is 2.44. The molecule has 0 bridgehead atoms. The highest BCUT2D eigenvalue weighted by atomic mass is 19.4. The summed E-state index contributed by atoms with van der Waals surface area (Å²) < 4.78 is 57.6. The maximum absolute atomic E-state index is 13.9. The Bertz CT molecular complexity index is 1230. The van der Waals surface area contributed by atoms with Crippen molar-refractivity contribution in [1.29, 1.82) is 5.26 Å². The number of nitriles is 1. The van der Waals surface area contributed by atoms with Gasteiger partial charge in [-0.2, -0.15) is 18.4 Å². The van der Waals surface area contributed by atoms with E-state index >= 15 is 0 Å². The van der Waals surface area contributed by atoms with E-state index in [1.807, 2.05) is 0 Å². The van der Waals surface area contributed by atoms with Crippen LogP contribution in [0.25, 0.3) is 0 Å². The summed E-state index contributed by atoms with van der Waals surface area (Å²) in [7, 11) is 0. The van der Waals surface area contributed by atoms with Gasteiger partial charge in [-0.25, -0.2) is 9.59 Å². The van der Waals surface area contributed by atoms with E-state index in [-0.39, 0.29) is 42.4 Å². The van der Waals surface area contributed by atoms with Crippen LogP contribution in [-0.4, -0.2) is 31.8 Å². The lowest BCUT2D eigenvalue weighted by Gasteiger charge is -2.30. The predicted molar refractivity (Wildman–Crippen MR) is 122 cm³/mol.